The summed E-state index contributed by atoms with van der Waals surface area (Å²) < 4.78 is 51.4. The number of hydrogen-bond acceptors (Lipinski definition) is 5. The van der Waals surface area contributed by atoms with E-state index in [0.717, 1.165) is 12.3 Å². The molecule has 0 aliphatic rings. The van der Waals surface area contributed by atoms with Crippen LogP contribution in [-0.4, -0.2) is 26.8 Å². The first-order chi connectivity index (χ1) is 11.6. The van der Waals surface area contributed by atoms with Gasteiger partial charge in [0.2, 0.25) is 0 Å². The van der Waals surface area contributed by atoms with Crippen molar-refractivity contribution in [2.45, 2.75) is 12.6 Å². The lowest BCUT2D eigenvalue weighted by molar-refractivity contribution is -0.0925. The van der Waals surface area contributed by atoms with Gasteiger partial charge in [0, 0.05) is 18.5 Å². The molecule has 2 rings (SSSR count). The zero-order chi connectivity index (χ0) is 18.6. The van der Waals surface area contributed by atoms with E-state index in [1.807, 2.05) is 0 Å². The number of rotatable bonds is 4. The third kappa shape index (κ3) is 5.64. The summed E-state index contributed by atoms with van der Waals surface area (Å²) in [5.74, 6) is -0.713. The number of nitrogens with zero attached hydrogens (tertiary/aromatic N) is 4. The second-order valence-corrected chi connectivity index (χ2v) is 5.46. The van der Waals surface area contributed by atoms with Gasteiger partial charge in [-0.25, -0.2) is 19.3 Å². The van der Waals surface area contributed by atoms with E-state index >= 15 is 0 Å². The van der Waals surface area contributed by atoms with Gasteiger partial charge in [0.1, 0.15) is 11.5 Å². The van der Waals surface area contributed by atoms with E-state index in [0.29, 0.717) is 6.08 Å². The van der Waals surface area contributed by atoms with Crippen LogP contribution in [0.25, 0.3) is 0 Å². The number of hydrogen-bond donors (Lipinski definition) is 1. The van der Waals surface area contributed by atoms with Crippen molar-refractivity contribution in [3.63, 3.8) is 0 Å². The molecule has 0 aliphatic carbocycles. The molecule has 25 heavy (non-hydrogen) atoms. The molecule has 0 saturated carbocycles. The molecular formula is C14H9Cl2F4N5. The molecule has 0 spiro atoms. The van der Waals surface area contributed by atoms with E-state index in [2.05, 4.69) is 19.9 Å². The second kappa shape index (κ2) is 7.75. The highest BCUT2D eigenvalue weighted by Gasteiger charge is 2.31. The molecule has 5 nitrogen and oxygen atoms in total. The standard InChI is InChI=1S/C14H9Cl2F4N5/c15-7-4-22-12(23-5-7)3-8(2-11(21)14(18,19)20)25-9-1-10(17)13(16)24-6-9/h1-2,4-6H,3,21H2. The predicted molar refractivity (Wildman–Crippen MR) is 85.4 cm³/mol. The van der Waals surface area contributed by atoms with Crippen LogP contribution >= 0.6 is 23.2 Å². The first kappa shape index (κ1) is 19.1. The molecule has 132 valence electrons. The maximum absolute atomic E-state index is 13.4. The fraction of sp³-hybridized carbons (Fsp3) is 0.143. The number of nitrogens with two attached hydrogens (primary N) is 1. The Balaban J connectivity index is 2.41. The highest BCUT2D eigenvalue weighted by molar-refractivity contribution is 6.30. The van der Waals surface area contributed by atoms with Crippen molar-refractivity contribution in [3.8, 4) is 0 Å². The molecule has 0 aliphatic heterocycles. The van der Waals surface area contributed by atoms with Crippen molar-refractivity contribution in [1.29, 1.82) is 0 Å². The maximum atomic E-state index is 13.4. The smallest absolute Gasteiger partial charge is 0.395 e. The molecule has 11 heteroatoms. The Bertz CT molecular complexity index is 819. The summed E-state index contributed by atoms with van der Waals surface area (Å²) in [6.07, 6.45) is -0.663. The first-order valence-electron chi connectivity index (χ1n) is 6.54. The van der Waals surface area contributed by atoms with Crippen LogP contribution in [0, 0.1) is 5.82 Å². The molecule has 0 fully saturated rings. The van der Waals surface area contributed by atoms with Gasteiger partial charge in [0.15, 0.2) is 11.0 Å². The van der Waals surface area contributed by atoms with Gasteiger partial charge in [-0.1, -0.05) is 23.2 Å². The summed E-state index contributed by atoms with van der Waals surface area (Å²) in [6.45, 7) is 0. The van der Waals surface area contributed by atoms with Crippen LogP contribution in [0.15, 0.2) is 41.4 Å². The van der Waals surface area contributed by atoms with Gasteiger partial charge in [-0.05, 0) is 6.08 Å². The quantitative estimate of drug-likeness (QED) is 0.483. The summed E-state index contributed by atoms with van der Waals surface area (Å²) in [5.41, 5.74) is 3.45. The van der Waals surface area contributed by atoms with Gasteiger partial charge < -0.3 is 5.73 Å². The molecule has 2 aromatic rings. The molecule has 2 aromatic heterocycles. The third-order valence-electron chi connectivity index (χ3n) is 2.72. The summed E-state index contributed by atoms with van der Waals surface area (Å²) in [4.78, 5) is 15.2. The molecule has 0 unspecified atom stereocenters. The van der Waals surface area contributed by atoms with Gasteiger partial charge in [-0.2, -0.15) is 13.2 Å². The average molecular weight is 394 g/mol. The topological polar surface area (TPSA) is 77.0 Å². The Morgan fingerprint density at radius 2 is 1.80 bits per heavy atom. The second-order valence-electron chi connectivity index (χ2n) is 4.66. The van der Waals surface area contributed by atoms with E-state index in [1.165, 1.54) is 12.4 Å². The van der Waals surface area contributed by atoms with Crippen molar-refractivity contribution in [2.24, 2.45) is 10.7 Å². The minimum atomic E-state index is -4.74. The summed E-state index contributed by atoms with van der Waals surface area (Å²) >= 11 is 11.1. The lowest BCUT2D eigenvalue weighted by Gasteiger charge is -2.08. The highest BCUT2D eigenvalue weighted by Crippen LogP contribution is 2.23. The van der Waals surface area contributed by atoms with Crippen molar-refractivity contribution < 1.29 is 17.6 Å². The van der Waals surface area contributed by atoms with Crippen molar-refractivity contribution in [3.05, 3.63) is 58.2 Å². The molecule has 0 saturated heterocycles. The fourth-order valence-electron chi connectivity index (χ4n) is 1.61. The number of allylic oxidation sites excluding steroid dienone is 2. The van der Waals surface area contributed by atoms with Gasteiger partial charge in [0.25, 0.3) is 0 Å². The highest BCUT2D eigenvalue weighted by atomic mass is 35.5. The van der Waals surface area contributed by atoms with Gasteiger partial charge >= 0.3 is 6.18 Å². The third-order valence-corrected chi connectivity index (χ3v) is 3.19. The van der Waals surface area contributed by atoms with Crippen LogP contribution in [0.3, 0.4) is 0 Å². The first-order valence-corrected chi connectivity index (χ1v) is 7.30. The van der Waals surface area contributed by atoms with Crippen molar-refractivity contribution in [1.82, 2.24) is 15.0 Å². The Morgan fingerprint density at radius 1 is 1.16 bits per heavy atom. The zero-order valence-corrected chi connectivity index (χ0v) is 13.7. The van der Waals surface area contributed by atoms with Crippen molar-refractivity contribution >= 4 is 34.6 Å². The Kier molecular flexibility index (Phi) is 5.91. The van der Waals surface area contributed by atoms with Crippen LogP contribution in [0.4, 0.5) is 23.2 Å². The maximum Gasteiger partial charge on any atom is 0.430 e. The molecular weight excluding hydrogens is 385 g/mol. The number of aromatic nitrogens is 3. The molecule has 0 aromatic carbocycles. The largest absolute Gasteiger partial charge is 0.430 e. The summed E-state index contributed by atoms with van der Waals surface area (Å²) in [7, 11) is 0. The molecule has 0 amide bonds. The molecule has 2 heterocycles. The van der Waals surface area contributed by atoms with E-state index < -0.39 is 17.7 Å². The normalized spacial score (nSPS) is 13.2. The van der Waals surface area contributed by atoms with E-state index in [9.17, 15) is 17.6 Å². The minimum absolute atomic E-state index is 0.0444. The Hall–Kier alpha value is -2.26. The lowest BCUT2D eigenvalue weighted by atomic mass is 10.2. The van der Waals surface area contributed by atoms with Gasteiger partial charge in [0.05, 0.1) is 29.0 Å². The van der Waals surface area contributed by atoms with Crippen LogP contribution in [0.5, 0.6) is 0 Å². The molecule has 0 bridgehead atoms. The lowest BCUT2D eigenvalue weighted by Crippen LogP contribution is -2.21. The van der Waals surface area contributed by atoms with E-state index in [-0.39, 0.29) is 33.8 Å². The van der Waals surface area contributed by atoms with Gasteiger partial charge in [-0.3, -0.25) is 4.99 Å². The van der Waals surface area contributed by atoms with E-state index in [4.69, 9.17) is 28.9 Å². The Morgan fingerprint density at radius 3 is 2.36 bits per heavy atom. The van der Waals surface area contributed by atoms with Crippen molar-refractivity contribution in [2.75, 3.05) is 0 Å². The minimum Gasteiger partial charge on any atom is -0.395 e. The monoisotopic (exact) mass is 393 g/mol. The molecule has 2 N–H and O–H groups in total. The van der Waals surface area contributed by atoms with E-state index in [1.54, 1.807) is 0 Å². The van der Waals surface area contributed by atoms with Crippen LogP contribution in [0.2, 0.25) is 10.2 Å². The molecule has 0 atom stereocenters. The average Bonchev–Trinajstić information content (AvgIpc) is 2.52. The summed E-state index contributed by atoms with van der Waals surface area (Å²) in [6, 6.07) is 0.926. The SMILES string of the molecule is NC(=CC(Cc1ncc(Cl)cn1)=Nc1cnc(Cl)c(F)c1)C(F)(F)F. The summed E-state index contributed by atoms with van der Waals surface area (Å²) in [5, 5.41) is -0.122. The van der Waals surface area contributed by atoms with Crippen LogP contribution < -0.4 is 5.73 Å². The Labute approximate surface area is 149 Å². The number of pyridine rings is 1. The molecule has 0 radical (unpaired) electrons. The number of alkyl halides is 3. The number of aliphatic imine (C=N–C) groups is 1. The zero-order valence-electron chi connectivity index (χ0n) is 12.2. The van der Waals surface area contributed by atoms with Crippen LogP contribution in [0.1, 0.15) is 5.82 Å². The van der Waals surface area contributed by atoms with Gasteiger partial charge in [-0.15, -0.1) is 0 Å². The predicted octanol–water partition coefficient (Wildman–Crippen LogP) is 4.04. The number of halogens is 6. The fourth-order valence-corrected chi connectivity index (χ4v) is 1.82. The van der Waals surface area contributed by atoms with Crippen LogP contribution in [-0.2, 0) is 6.42 Å².